The molecule has 0 radical (unpaired) electrons. The van der Waals surface area contributed by atoms with E-state index in [0.29, 0.717) is 23.8 Å². The molecule has 6 heteroatoms. The lowest BCUT2D eigenvalue weighted by Gasteiger charge is -2.35. The van der Waals surface area contributed by atoms with Crippen molar-refractivity contribution in [2.75, 3.05) is 39.3 Å². The van der Waals surface area contributed by atoms with Crippen molar-refractivity contribution in [1.29, 1.82) is 5.26 Å². The molecule has 1 heterocycles. The highest BCUT2D eigenvalue weighted by Crippen LogP contribution is 2.31. The van der Waals surface area contributed by atoms with Crippen LogP contribution in [-0.2, 0) is 4.79 Å². The number of hydrogen-bond donors (Lipinski definition) is 1. The first kappa shape index (κ1) is 16.7. The summed E-state index contributed by atoms with van der Waals surface area (Å²) < 4.78 is 5.56. The number of carbonyl (C=O) groups is 1. The average Bonchev–Trinajstić information content (AvgIpc) is 3.45. The van der Waals surface area contributed by atoms with Gasteiger partial charge in [-0.05, 0) is 37.1 Å². The van der Waals surface area contributed by atoms with Gasteiger partial charge in [-0.2, -0.15) is 5.26 Å². The zero-order valence-corrected chi connectivity index (χ0v) is 13.7. The monoisotopic (exact) mass is 329 g/mol. The standard InChI is InChI=1S/C18H23N3O3/c19-11-14-1-5-17(6-2-14)24-13-16(22)12-20-7-9-21(10-8-20)18(23)15-3-4-15/h1-2,5-6,15-16,22H,3-4,7-10,12-13H2/t16-/m1/s1. The van der Waals surface area contributed by atoms with Crippen molar-refractivity contribution < 1.29 is 14.6 Å². The smallest absolute Gasteiger partial charge is 0.225 e. The quantitative estimate of drug-likeness (QED) is 0.837. The van der Waals surface area contributed by atoms with Crippen molar-refractivity contribution >= 4 is 5.91 Å². The van der Waals surface area contributed by atoms with Gasteiger partial charge in [0, 0.05) is 38.6 Å². The highest BCUT2D eigenvalue weighted by molar-refractivity contribution is 5.81. The minimum Gasteiger partial charge on any atom is -0.491 e. The van der Waals surface area contributed by atoms with Gasteiger partial charge in [0.1, 0.15) is 18.5 Å². The largest absolute Gasteiger partial charge is 0.491 e. The molecule has 1 saturated carbocycles. The Morgan fingerprint density at radius 1 is 1.25 bits per heavy atom. The Morgan fingerprint density at radius 3 is 2.50 bits per heavy atom. The minimum atomic E-state index is -0.577. The second-order valence-corrected chi connectivity index (χ2v) is 6.50. The van der Waals surface area contributed by atoms with E-state index in [-0.39, 0.29) is 12.5 Å². The molecule has 1 aliphatic heterocycles. The molecule has 3 rings (SSSR count). The average molecular weight is 329 g/mol. The molecule has 6 nitrogen and oxygen atoms in total. The Labute approximate surface area is 142 Å². The lowest BCUT2D eigenvalue weighted by atomic mass is 10.2. The van der Waals surface area contributed by atoms with Gasteiger partial charge in [0.05, 0.1) is 11.6 Å². The van der Waals surface area contributed by atoms with Gasteiger partial charge >= 0.3 is 0 Å². The number of β-amino-alcohol motifs (C(OH)–C–C–N with tert-alkyl or cyclic N) is 1. The molecular weight excluding hydrogens is 306 g/mol. The maximum atomic E-state index is 12.0. The zero-order valence-electron chi connectivity index (χ0n) is 13.7. The number of benzene rings is 1. The van der Waals surface area contributed by atoms with Crippen LogP contribution >= 0.6 is 0 Å². The third-order valence-electron chi connectivity index (χ3n) is 4.51. The molecule has 0 unspecified atom stereocenters. The molecule has 0 bridgehead atoms. The van der Waals surface area contributed by atoms with Gasteiger partial charge in [-0.3, -0.25) is 9.69 Å². The van der Waals surface area contributed by atoms with E-state index < -0.39 is 6.10 Å². The van der Waals surface area contributed by atoms with Gasteiger partial charge in [-0.25, -0.2) is 0 Å². The maximum Gasteiger partial charge on any atom is 0.225 e. The first-order valence-electron chi connectivity index (χ1n) is 8.48. The van der Waals surface area contributed by atoms with Gasteiger partial charge in [0.15, 0.2) is 0 Å². The van der Waals surface area contributed by atoms with Gasteiger partial charge in [0.25, 0.3) is 0 Å². The summed E-state index contributed by atoms with van der Waals surface area (Å²) in [4.78, 5) is 16.1. The number of hydrogen-bond acceptors (Lipinski definition) is 5. The Hall–Kier alpha value is -2.10. The molecule has 0 spiro atoms. The predicted octanol–water partition coefficient (Wildman–Crippen LogP) is 0.852. The van der Waals surface area contributed by atoms with Crippen molar-refractivity contribution in [3.63, 3.8) is 0 Å². The Bertz CT molecular complexity index is 599. The lowest BCUT2D eigenvalue weighted by molar-refractivity contribution is -0.134. The molecule has 1 aromatic carbocycles. The molecule has 0 aromatic heterocycles. The number of nitrogens with zero attached hydrogens (tertiary/aromatic N) is 3. The van der Waals surface area contributed by atoms with E-state index in [4.69, 9.17) is 10.00 Å². The van der Waals surface area contributed by atoms with E-state index in [9.17, 15) is 9.90 Å². The molecule has 24 heavy (non-hydrogen) atoms. The van der Waals surface area contributed by atoms with Crippen molar-refractivity contribution in [3.05, 3.63) is 29.8 Å². The van der Waals surface area contributed by atoms with E-state index >= 15 is 0 Å². The molecule has 128 valence electrons. The number of carbonyl (C=O) groups excluding carboxylic acids is 1. The van der Waals surface area contributed by atoms with E-state index in [1.807, 2.05) is 4.90 Å². The number of ether oxygens (including phenoxy) is 1. The fourth-order valence-corrected chi connectivity index (χ4v) is 2.91. The summed E-state index contributed by atoms with van der Waals surface area (Å²) in [6, 6.07) is 8.90. The molecular formula is C18H23N3O3. The third-order valence-corrected chi connectivity index (χ3v) is 4.51. The van der Waals surface area contributed by atoms with Crippen LogP contribution < -0.4 is 4.74 Å². The van der Waals surface area contributed by atoms with Crippen LogP contribution in [0.2, 0.25) is 0 Å². The predicted molar refractivity (Wildman–Crippen MR) is 88.4 cm³/mol. The van der Waals surface area contributed by atoms with Crippen LogP contribution in [0.3, 0.4) is 0 Å². The molecule has 1 saturated heterocycles. The van der Waals surface area contributed by atoms with E-state index in [1.54, 1.807) is 24.3 Å². The fourth-order valence-electron chi connectivity index (χ4n) is 2.91. The summed E-state index contributed by atoms with van der Waals surface area (Å²) in [5.41, 5.74) is 0.585. The third kappa shape index (κ3) is 4.47. The summed E-state index contributed by atoms with van der Waals surface area (Å²) in [6.45, 7) is 3.85. The summed E-state index contributed by atoms with van der Waals surface area (Å²) in [5, 5.41) is 18.9. The topological polar surface area (TPSA) is 76.8 Å². The minimum absolute atomic E-state index is 0.215. The van der Waals surface area contributed by atoms with Crippen LogP contribution in [0.5, 0.6) is 5.75 Å². The molecule has 1 aromatic rings. The Balaban J connectivity index is 1.37. The number of amides is 1. The maximum absolute atomic E-state index is 12.0. The van der Waals surface area contributed by atoms with Gasteiger partial charge in [-0.1, -0.05) is 0 Å². The van der Waals surface area contributed by atoms with Crippen LogP contribution in [0.4, 0.5) is 0 Å². The second kappa shape index (κ2) is 7.65. The number of aliphatic hydroxyl groups is 1. The van der Waals surface area contributed by atoms with E-state index in [0.717, 1.165) is 39.0 Å². The Kier molecular flexibility index (Phi) is 5.34. The number of aliphatic hydroxyl groups excluding tert-OH is 1. The highest BCUT2D eigenvalue weighted by atomic mass is 16.5. The summed E-state index contributed by atoms with van der Waals surface area (Å²) >= 11 is 0. The summed E-state index contributed by atoms with van der Waals surface area (Å²) in [7, 11) is 0. The number of nitriles is 1. The van der Waals surface area contributed by atoms with Crippen LogP contribution in [0, 0.1) is 17.2 Å². The Morgan fingerprint density at radius 2 is 1.92 bits per heavy atom. The van der Waals surface area contributed by atoms with Gasteiger partial charge < -0.3 is 14.7 Å². The summed E-state index contributed by atoms with van der Waals surface area (Å²) in [5.74, 6) is 1.23. The molecule has 2 aliphatic rings. The highest BCUT2D eigenvalue weighted by Gasteiger charge is 2.34. The van der Waals surface area contributed by atoms with Crippen molar-refractivity contribution in [2.45, 2.75) is 18.9 Å². The van der Waals surface area contributed by atoms with Crippen LogP contribution in [0.1, 0.15) is 18.4 Å². The molecule has 1 N–H and O–H groups in total. The van der Waals surface area contributed by atoms with Crippen molar-refractivity contribution in [2.24, 2.45) is 5.92 Å². The SMILES string of the molecule is N#Cc1ccc(OC[C@H](O)CN2CCN(C(=O)C3CC3)CC2)cc1. The van der Waals surface area contributed by atoms with Gasteiger partial charge in [0.2, 0.25) is 5.91 Å². The van der Waals surface area contributed by atoms with E-state index in [1.165, 1.54) is 0 Å². The number of rotatable bonds is 6. The molecule has 1 atom stereocenters. The number of piperazine rings is 1. The zero-order chi connectivity index (χ0) is 16.9. The molecule has 1 aliphatic carbocycles. The van der Waals surface area contributed by atoms with Crippen molar-refractivity contribution in [1.82, 2.24) is 9.80 Å². The van der Waals surface area contributed by atoms with Crippen LogP contribution in [-0.4, -0.2) is 66.2 Å². The summed E-state index contributed by atoms with van der Waals surface area (Å²) in [6.07, 6.45) is 1.51. The lowest BCUT2D eigenvalue weighted by Crippen LogP contribution is -2.51. The normalized spacial score (nSPS) is 19.6. The van der Waals surface area contributed by atoms with Crippen LogP contribution in [0.25, 0.3) is 0 Å². The fraction of sp³-hybridized carbons (Fsp3) is 0.556. The van der Waals surface area contributed by atoms with Crippen LogP contribution in [0.15, 0.2) is 24.3 Å². The first-order chi connectivity index (χ1) is 11.7. The van der Waals surface area contributed by atoms with E-state index in [2.05, 4.69) is 11.0 Å². The second-order valence-electron chi connectivity index (χ2n) is 6.50. The van der Waals surface area contributed by atoms with Crippen molar-refractivity contribution in [3.8, 4) is 11.8 Å². The van der Waals surface area contributed by atoms with Gasteiger partial charge in [-0.15, -0.1) is 0 Å². The molecule has 2 fully saturated rings. The molecule has 1 amide bonds. The first-order valence-corrected chi connectivity index (χ1v) is 8.48.